The van der Waals surface area contributed by atoms with Gasteiger partial charge >= 0.3 is 0 Å². The zero-order chi connectivity index (χ0) is 27.1. The van der Waals surface area contributed by atoms with Crippen LogP contribution in [0.4, 0.5) is 0 Å². The molecular weight excluding hydrogens is 567 g/mol. The number of carbonyl (C=O) groups is 2. The van der Waals surface area contributed by atoms with Crippen LogP contribution in [0, 0.1) is 0 Å². The van der Waals surface area contributed by atoms with Crippen LogP contribution in [0.1, 0.15) is 0 Å². The molecule has 0 unspecified atom stereocenters. The van der Waals surface area contributed by atoms with Crippen molar-refractivity contribution in [3.05, 3.63) is 78.4 Å². The average molecular weight is 582 g/mol. The van der Waals surface area contributed by atoms with Gasteiger partial charge in [-0.25, -0.2) is 4.98 Å². The van der Waals surface area contributed by atoms with Crippen molar-refractivity contribution in [3.8, 4) is 54.5 Å². The Labute approximate surface area is 238 Å². The Bertz CT molecular complexity index is 2040. The summed E-state index contributed by atoms with van der Waals surface area (Å²) < 4.78 is 18.4. The molecular formula is C29H15N3O5S3. The molecule has 0 spiro atoms. The number of thiophene rings is 3. The largest absolute Gasteiger partial charge is 0.454 e. The van der Waals surface area contributed by atoms with Gasteiger partial charge in [-0.15, -0.1) is 34.0 Å². The van der Waals surface area contributed by atoms with Gasteiger partial charge in [0.25, 0.3) is 12.9 Å². The van der Waals surface area contributed by atoms with Gasteiger partial charge in [-0.2, -0.15) is 0 Å². The van der Waals surface area contributed by atoms with Gasteiger partial charge in [0, 0.05) is 51.3 Å². The number of aromatic nitrogens is 3. The van der Waals surface area contributed by atoms with Gasteiger partial charge in [-0.3, -0.25) is 19.6 Å². The monoisotopic (exact) mass is 581 g/mol. The highest BCUT2D eigenvalue weighted by Gasteiger charge is 2.16. The second-order valence-electron chi connectivity index (χ2n) is 8.49. The number of nitrogens with zero attached hydrogens (tertiary/aromatic N) is 3. The molecule has 0 N–H and O–H groups in total. The normalized spacial score (nSPS) is 11.2. The number of fused-ring (bicyclic) bond motifs is 3. The molecule has 0 aliphatic heterocycles. The Morgan fingerprint density at radius 1 is 0.650 bits per heavy atom. The van der Waals surface area contributed by atoms with Crippen molar-refractivity contribution in [1.29, 1.82) is 0 Å². The fourth-order valence-electron chi connectivity index (χ4n) is 4.31. The third-order valence-corrected chi connectivity index (χ3v) is 9.58. The Balaban J connectivity index is 1.24. The summed E-state index contributed by atoms with van der Waals surface area (Å²) in [7, 11) is 0. The molecule has 0 radical (unpaired) electrons. The molecule has 0 aliphatic carbocycles. The lowest BCUT2D eigenvalue weighted by atomic mass is 10.1. The molecule has 0 atom stereocenters. The van der Waals surface area contributed by atoms with Gasteiger partial charge in [0.05, 0.1) is 32.2 Å². The Kier molecular flexibility index (Phi) is 6.16. The van der Waals surface area contributed by atoms with E-state index in [9.17, 15) is 9.59 Å². The number of carbonyl (C=O) groups excluding carboxylic acids is 2. The van der Waals surface area contributed by atoms with E-state index in [0.29, 0.717) is 41.5 Å². The fourth-order valence-corrected chi connectivity index (χ4v) is 7.46. The topological polar surface area (TPSA) is 104 Å². The van der Waals surface area contributed by atoms with Crippen LogP contribution in [0.25, 0.3) is 63.5 Å². The molecule has 40 heavy (non-hydrogen) atoms. The second kappa shape index (κ2) is 10.1. The summed E-state index contributed by atoms with van der Waals surface area (Å²) in [5, 5.41) is 2.05. The minimum atomic E-state index is 0.283. The lowest BCUT2D eigenvalue weighted by Gasteiger charge is -2.09. The third kappa shape index (κ3) is 4.45. The van der Waals surface area contributed by atoms with Crippen molar-refractivity contribution >= 4 is 67.5 Å². The molecule has 0 bridgehead atoms. The van der Waals surface area contributed by atoms with E-state index < -0.39 is 0 Å². The van der Waals surface area contributed by atoms with E-state index in [2.05, 4.69) is 28.2 Å². The van der Waals surface area contributed by atoms with Crippen LogP contribution in [0.2, 0.25) is 0 Å². The first-order valence-electron chi connectivity index (χ1n) is 11.8. The molecule has 11 heteroatoms. The Hall–Kier alpha value is -4.71. The highest BCUT2D eigenvalue weighted by Crippen LogP contribution is 2.44. The maximum Gasteiger partial charge on any atom is 0.298 e. The van der Waals surface area contributed by atoms with Crippen LogP contribution in [0.15, 0.2) is 82.9 Å². The molecule has 0 aliphatic rings. The molecule has 7 aromatic rings. The van der Waals surface area contributed by atoms with E-state index in [0.717, 1.165) is 31.4 Å². The lowest BCUT2D eigenvalue weighted by molar-refractivity contribution is -0.121. The van der Waals surface area contributed by atoms with E-state index >= 15 is 0 Å². The van der Waals surface area contributed by atoms with Crippen molar-refractivity contribution in [1.82, 2.24) is 15.0 Å². The summed E-state index contributed by atoms with van der Waals surface area (Å²) in [5.41, 5.74) is 4.79. The van der Waals surface area contributed by atoms with E-state index in [4.69, 9.17) is 18.9 Å². The van der Waals surface area contributed by atoms with Crippen LogP contribution in [0.5, 0.6) is 11.5 Å². The molecule has 0 saturated carbocycles. The Morgan fingerprint density at radius 2 is 1.38 bits per heavy atom. The second-order valence-corrected chi connectivity index (χ2v) is 11.5. The van der Waals surface area contributed by atoms with Crippen molar-refractivity contribution in [3.63, 3.8) is 0 Å². The number of furan rings is 1. The van der Waals surface area contributed by atoms with Crippen molar-refractivity contribution in [2.75, 3.05) is 0 Å². The first kappa shape index (κ1) is 24.3. The minimum Gasteiger partial charge on any atom is -0.454 e. The average Bonchev–Trinajstić information content (AvgIpc) is 3.76. The van der Waals surface area contributed by atoms with Crippen LogP contribution in [-0.4, -0.2) is 27.9 Å². The summed E-state index contributed by atoms with van der Waals surface area (Å²) in [6, 6.07) is 18.6. The molecule has 0 saturated heterocycles. The van der Waals surface area contributed by atoms with Gasteiger partial charge < -0.3 is 13.9 Å². The predicted octanol–water partition coefficient (Wildman–Crippen LogP) is 7.69. The molecule has 0 aromatic carbocycles. The van der Waals surface area contributed by atoms with Crippen molar-refractivity contribution in [2.24, 2.45) is 0 Å². The van der Waals surface area contributed by atoms with Crippen molar-refractivity contribution < 1.29 is 23.5 Å². The summed E-state index contributed by atoms with van der Waals surface area (Å²) in [5.74, 6) is 0.600. The summed E-state index contributed by atoms with van der Waals surface area (Å²) >= 11 is 5.12. The van der Waals surface area contributed by atoms with E-state index in [1.54, 1.807) is 64.5 Å². The van der Waals surface area contributed by atoms with Gasteiger partial charge in [-0.05, 0) is 47.3 Å². The maximum atomic E-state index is 11.1. The molecule has 194 valence electrons. The molecule has 7 rings (SSSR count). The van der Waals surface area contributed by atoms with Gasteiger partial charge in [-0.1, -0.05) is 0 Å². The number of hydrogen-bond acceptors (Lipinski definition) is 11. The van der Waals surface area contributed by atoms with Crippen LogP contribution in [0.3, 0.4) is 0 Å². The maximum absolute atomic E-state index is 11.1. The predicted molar refractivity (Wildman–Crippen MR) is 156 cm³/mol. The van der Waals surface area contributed by atoms with Gasteiger partial charge in [0.1, 0.15) is 22.7 Å². The number of ether oxygens (including phenoxy) is 2. The number of pyridine rings is 3. The zero-order valence-corrected chi connectivity index (χ0v) is 22.7. The van der Waals surface area contributed by atoms with Crippen LogP contribution < -0.4 is 9.47 Å². The smallest absolute Gasteiger partial charge is 0.298 e. The van der Waals surface area contributed by atoms with Gasteiger partial charge in [0.2, 0.25) is 0 Å². The summed E-state index contributed by atoms with van der Waals surface area (Å²) in [4.78, 5) is 38.8. The first-order chi connectivity index (χ1) is 19.7. The standard InChI is InChI=1S/C29H15N3O5S3/c33-14-35-17-4-7-31-20(10-17)22-12-18(36-15-34)11-21(32-22)19-9-16(3-6-30-19)25-1-2-26(39-25)27-13-24-29(40-27)28-23(37-24)5-8-38-28/h1-15H. The van der Waals surface area contributed by atoms with E-state index in [1.807, 2.05) is 23.6 Å². The number of rotatable bonds is 8. The molecule has 0 amide bonds. The SMILES string of the molecule is O=COc1ccnc(-c2cc(OC=O)cc(-c3cc(-c4ccc(-c5cc6oc7ccsc7c6s5)s4)ccn3)n2)c1. The fraction of sp³-hybridized carbons (Fsp3) is 0. The summed E-state index contributed by atoms with van der Waals surface area (Å²) in [6.07, 6.45) is 3.23. The zero-order valence-electron chi connectivity index (χ0n) is 20.3. The van der Waals surface area contributed by atoms with E-state index in [1.165, 1.54) is 15.6 Å². The minimum absolute atomic E-state index is 0.283. The first-order valence-corrected chi connectivity index (χ1v) is 14.4. The van der Waals surface area contributed by atoms with E-state index in [-0.39, 0.29) is 5.75 Å². The van der Waals surface area contributed by atoms with Gasteiger partial charge in [0.15, 0.2) is 0 Å². The lowest BCUT2D eigenvalue weighted by Crippen LogP contribution is -1.97. The molecule has 0 fully saturated rings. The van der Waals surface area contributed by atoms with Crippen LogP contribution >= 0.6 is 34.0 Å². The third-order valence-electron chi connectivity index (χ3n) is 6.07. The molecule has 7 heterocycles. The Morgan fingerprint density at radius 3 is 2.20 bits per heavy atom. The van der Waals surface area contributed by atoms with Crippen molar-refractivity contribution in [2.45, 2.75) is 0 Å². The highest BCUT2D eigenvalue weighted by atomic mass is 32.1. The number of hydrogen-bond donors (Lipinski definition) is 0. The highest BCUT2D eigenvalue weighted by molar-refractivity contribution is 7.30. The molecule has 7 aromatic heterocycles. The van der Waals surface area contributed by atoms with Crippen LogP contribution in [-0.2, 0) is 9.59 Å². The summed E-state index contributed by atoms with van der Waals surface area (Å²) in [6.45, 7) is 0.692. The molecule has 8 nitrogen and oxygen atoms in total. The quantitative estimate of drug-likeness (QED) is 0.168.